The maximum Gasteiger partial charge on any atom is 0.146 e. The van der Waals surface area contributed by atoms with Crippen LogP contribution in [0.5, 0.6) is 5.75 Å². The molecule has 3 nitrogen and oxygen atoms in total. The molecular formula is C15H14N2O. The van der Waals surface area contributed by atoms with Gasteiger partial charge in [0, 0.05) is 0 Å². The smallest absolute Gasteiger partial charge is 0.146 e. The van der Waals surface area contributed by atoms with Crippen molar-refractivity contribution in [1.29, 1.82) is 0 Å². The number of aromatic nitrogens is 2. The van der Waals surface area contributed by atoms with Crippen molar-refractivity contribution in [3.05, 3.63) is 42.0 Å². The highest BCUT2D eigenvalue weighted by atomic mass is 16.5. The molecule has 0 aliphatic heterocycles. The number of ether oxygens (including phenoxy) is 1. The molecule has 0 spiro atoms. The van der Waals surface area contributed by atoms with Gasteiger partial charge in [-0.15, -0.1) is 0 Å². The Hall–Kier alpha value is -2.16. The minimum Gasteiger partial charge on any atom is -0.494 e. The number of fused-ring (bicyclic) bond motifs is 2. The van der Waals surface area contributed by atoms with E-state index in [0.717, 1.165) is 34.2 Å². The Morgan fingerprint density at radius 3 is 2.33 bits per heavy atom. The Balaban J connectivity index is 2.43. The van der Waals surface area contributed by atoms with Gasteiger partial charge in [-0.1, -0.05) is 25.1 Å². The number of hydrogen-bond acceptors (Lipinski definition) is 3. The molecule has 0 atom stereocenters. The molecule has 0 aliphatic carbocycles. The molecule has 2 aromatic carbocycles. The summed E-state index contributed by atoms with van der Waals surface area (Å²) >= 11 is 0. The van der Waals surface area contributed by atoms with E-state index in [1.54, 1.807) is 7.11 Å². The molecule has 3 heteroatoms. The highest BCUT2D eigenvalue weighted by Crippen LogP contribution is 2.25. The van der Waals surface area contributed by atoms with E-state index in [2.05, 4.69) is 18.0 Å². The lowest BCUT2D eigenvalue weighted by atomic mass is 10.1. The number of benzene rings is 2. The van der Waals surface area contributed by atoms with Gasteiger partial charge in [-0.05, 0) is 30.2 Å². The maximum atomic E-state index is 5.33. The molecule has 0 bridgehead atoms. The van der Waals surface area contributed by atoms with E-state index in [1.807, 2.05) is 30.3 Å². The average Bonchev–Trinajstić information content (AvgIpc) is 2.43. The molecule has 3 aromatic rings. The van der Waals surface area contributed by atoms with Crippen molar-refractivity contribution in [2.75, 3.05) is 7.11 Å². The zero-order valence-corrected chi connectivity index (χ0v) is 10.5. The number of aryl methyl sites for hydroxylation is 1. The van der Waals surface area contributed by atoms with Gasteiger partial charge in [0.15, 0.2) is 0 Å². The molecule has 0 amide bonds. The lowest BCUT2D eigenvalue weighted by Crippen LogP contribution is -1.94. The molecule has 0 saturated heterocycles. The Kier molecular flexibility index (Phi) is 2.59. The Labute approximate surface area is 105 Å². The summed E-state index contributed by atoms with van der Waals surface area (Å²) < 4.78 is 5.33. The topological polar surface area (TPSA) is 35.0 Å². The van der Waals surface area contributed by atoms with E-state index in [1.165, 1.54) is 5.56 Å². The van der Waals surface area contributed by atoms with Gasteiger partial charge in [0.25, 0.3) is 0 Å². The second-order valence-corrected chi connectivity index (χ2v) is 4.19. The van der Waals surface area contributed by atoms with Gasteiger partial charge >= 0.3 is 0 Å². The fraction of sp³-hybridized carbons (Fsp3) is 0.200. The van der Waals surface area contributed by atoms with E-state index in [0.29, 0.717) is 0 Å². The van der Waals surface area contributed by atoms with Crippen molar-refractivity contribution in [1.82, 2.24) is 9.97 Å². The summed E-state index contributed by atoms with van der Waals surface area (Å²) in [6, 6.07) is 11.9. The van der Waals surface area contributed by atoms with Gasteiger partial charge in [0.05, 0.1) is 23.7 Å². The second kappa shape index (κ2) is 4.26. The third-order valence-corrected chi connectivity index (χ3v) is 3.14. The van der Waals surface area contributed by atoms with Crippen LogP contribution in [0.2, 0.25) is 0 Å². The summed E-state index contributed by atoms with van der Waals surface area (Å²) in [5.74, 6) is 0.767. The lowest BCUT2D eigenvalue weighted by molar-refractivity contribution is 0.419. The molecule has 0 N–H and O–H groups in total. The van der Waals surface area contributed by atoms with Crippen LogP contribution in [0.4, 0.5) is 0 Å². The molecule has 1 aromatic heterocycles. The van der Waals surface area contributed by atoms with Crippen LogP contribution >= 0.6 is 0 Å². The summed E-state index contributed by atoms with van der Waals surface area (Å²) in [6.07, 6.45) is 0.960. The maximum absolute atomic E-state index is 5.33. The highest BCUT2D eigenvalue weighted by Gasteiger charge is 2.08. The molecule has 1 heterocycles. The van der Waals surface area contributed by atoms with Gasteiger partial charge < -0.3 is 4.74 Å². The van der Waals surface area contributed by atoms with Gasteiger partial charge in [-0.3, -0.25) is 0 Å². The van der Waals surface area contributed by atoms with E-state index in [4.69, 9.17) is 9.72 Å². The molecule has 0 aliphatic rings. The summed E-state index contributed by atoms with van der Waals surface area (Å²) in [5, 5.41) is 0. The minimum atomic E-state index is 0.767. The third kappa shape index (κ3) is 1.59. The summed E-state index contributed by atoms with van der Waals surface area (Å²) in [4.78, 5) is 9.38. The normalized spacial score (nSPS) is 11.0. The molecule has 0 radical (unpaired) electrons. The van der Waals surface area contributed by atoms with Crippen LogP contribution in [0.3, 0.4) is 0 Å². The summed E-state index contributed by atoms with van der Waals surface area (Å²) in [7, 11) is 1.66. The Morgan fingerprint density at radius 2 is 1.61 bits per heavy atom. The molecule has 18 heavy (non-hydrogen) atoms. The fourth-order valence-electron chi connectivity index (χ4n) is 2.20. The molecule has 0 saturated carbocycles. The fourth-order valence-corrected chi connectivity index (χ4v) is 2.20. The predicted octanol–water partition coefficient (Wildman–Crippen LogP) is 3.35. The number of rotatable bonds is 2. The van der Waals surface area contributed by atoms with Crippen LogP contribution in [0.1, 0.15) is 12.5 Å². The van der Waals surface area contributed by atoms with Gasteiger partial charge in [-0.2, -0.15) is 0 Å². The zero-order chi connectivity index (χ0) is 12.5. The lowest BCUT2D eigenvalue weighted by Gasteiger charge is -2.07. The minimum absolute atomic E-state index is 0.767. The van der Waals surface area contributed by atoms with E-state index in [9.17, 15) is 0 Å². The first-order valence-corrected chi connectivity index (χ1v) is 6.06. The molecular weight excluding hydrogens is 224 g/mol. The van der Waals surface area contributed by atoms with E-state index < -0.39 is 0 Å². The number of methoxy groups -OCH3 is 1. The quantitative estimate of drug-likeness (QED) is 0.642. The Morgan fingerprint density at radius 1 is 0.944 bits per heavy atom. The van der Waals surface area contributed by atoms with Crippen molar-refractivity contribution in [2.24, 2.45) is 0 Å². The molecule has 0 fully saturated rings. The first kappa shape index (κ1) is 11.0. The Bertz CT molecular complexity index is 659. The van der Waals surface area contributed by atoms with Crippen LogP contribution < -0.4 is 4.74 Å². The SMILES string of the molecule is CCc1cccc2nc3c(OC)cccc3nc12. The zero-order valence-electron chi connectivity index (χ0n) is 10.5. The van der Waals surface area contributed by atoms with E-state index in [-0.39, 0.29) is 0 Å². The van der Waals surface area contributed by atoms with Crippen molar-refractivity contribution in [2.45, 2.75) is 13.3 Å². The van der Waals surface area contributed by atoms with Crippen LogP contribution in [0.15, 0.2) is 36.4 Å². The van der Waals surface area contributed by atoms with Crippen LogP contribution in [-0.2, 0) is 6.42 Å². The molecule has 3 rings (SSSR count). The molecule has 0 unspecified atom stereocenters. The number of hydrogen-bond donors (Lipinski definition) is 0. The first-order chi connectivity index (χ1) is 8.83. The summed E-state index contributed by atoms with van der Waals surface area (Å²) in [6.45, 7) is 2.13. The monoisotopic (exact) mass is 238 g/mol. The van der Waals surface area contributed by atoms with Gasteiger partial charge in [0.2, 0.25) is 0 Å². The average molecular weight is 238 g/mol. The van der Waals surface area contributed by atoms with Crippen molar-refractivity contribution in [3.63, 3.8) is 0 Å². The van der Waals surface area contributed by atoms with E-state index >= 15 is 0 Å². The van der Waals surface area contributed by atoms with Crippen LogP contribution in [0.25, 0.3) is 22.1 Å². The summed E-state index contributed by atoms with van der Waals surface area (Å²) in [5.41, 5.74) is 4.83. The first-order valence-electron chi connectivity index (χ1n) is 6.06. The van der Waals surface area contributed by atoms with Crippen molar-refractivity contribution in [3.8, 4) is 5.75 Å². The van der Waals surface area contributed by atoms with Gasteiger partial charge in [0.1, 0.15) is 11.3 Å². The van der Waals surface area contributed by atoms with Crippen LogP contribution in [-0.4, -0.2) is 17.1 Å². The number of para-hydroxylation sites is 2. The van der Waals surface area contributed by atoms with Crippen LogP contribution in [0, 0.1) is 0 Å². The standard InChI is InChI=1S/C15H14N2O/c1-3-10-6-4-7-11-14(10)16-12-8-5-9-13(18-2)15(12)17-11/h4-9H,3H2,1-2H3. The van der Waals surface area contributed by atoms with Crippen molar-refractivity contribution >= 4 is 22.1 Å². The highest BCUT2D eigenvalue weighted by molar-refractivity contribution is 5.90. The third-order valence-electron chi connectivity index (χ3n) is 3.14. The second-order valence-electron chi connectivity index (χ2n) is 4.19. The predicted molar refractivity (Wildman–Crippen MR) is 73.0 cm³/mol. The molecule has 90 valence electrons. The van der Waals surface area contributed by atoms with Gasteiger partial charge in [-0.25, -0.2) is 9.97 Å². The number of nitrogens with zero attached hydrogens (tertiary/aromatic N) is 2. The largest absolute Gasteiger partial charge is 0.494 e. The van der Waals surface area contributed by atoms with Crippen molar-refractivity contribution < 1.29 is 4.74 Å².